The number of hydrogen-bond acceptors (Lipinski definition) is 0. The van der Waals surface area contributed by atoms with Crippen LogP contribution in [-0.2, 0) is 0 Å². The normalized spacial score (nSPS) is 13.9. The molecule has 0 aliphatic heterocycles. The van der Waals surface area contributed by atoms with E-state index < -0.39 is 16.1 Å². The first kappa shape index (κ1) is 22.4. The molecule has 7 rings (SSSR count). The van der Waals surface area contributed by atoms with Crippen molar-refractivity contribution in [1.29, 1.82) is 0 Å². The van der Waals surface area contributed by atoms with Crippen LogP contribution in [0, 0.1) is 0 Å². The first-order valence-electron chi connectivity index (χ1n) is 10.8. The summed E-state index contributed by atoms with van der Waals surface area (Å²) in [5, 5.41) is 10.4. The number of fused-ring (bicyclic) bond motifs is 11. The van der Waals surface area contributed by atoms with Crippen LogP contribution in [0.1, 0.15) is 0 Å². The summed E-state index contributed by atoms with van der Waals surface area (Å²) in [5.74, 6) is 0. The van der Waals surface area contributed by atoms with Gasteiger partial charge in [-0.15, -0.1) is 0 Å². The predicted octanol–water partition coefficient (Wildman–Crippen LogP) is 4.04. The van der Waals surface area contributed by atoms with Crippen molar-refractivity contribution < 1.29 is 0 Å². The summed E-state index contributed by atoms with van der Waals surface area (Å²) < 4.78 is 14.7. The Hall–Kier alpha value is 1.21. The summed E-state index contributed by atoms with van der Waals surface area (Å²) in [4.78, 5) is 0. The van der Waals surface area contributed by atoms with E-state index in [-0.39, 0.29) is 0 Å². The van der Waals surface area contributed by atoms with Gasteiger partial charge in [0.15, 0.2) is 0 Å². The minimum absolute atomic E-state index is 0.573. The molecule has 0 saturated carbocycles. The minimum atomic E-state index is -1.18. The molecular weight excluding hydrogens is 818 g/mol. The molecule has 0 amide bonds. The average molecular weight is 840 g/mol. The van der Waals surface area contributed by atoms with E-state index in [9.17, 15) is 0 Å². The van der Waals surface area contributed by atoms with Crippen LogP contribution in [0.2, 0.25) is 39.3 Å². The van der Waals surface area contributed by atoms with Crippen LogP contribution in [-0.4, -0.2) is 103 Å². The first-order valence-corrected chi connectivity index (χ1v) is 28.0. The van der Waals surface area contributed by atoms with Crippen molar-refractivity contribution in [3.8, 4) is 0 Å². The van der Waals surface area contributed by atoms with E-state index in [0.717, 1.165) is 0 Å². The fourth-order valence-corrected chi connectivity index (χ4v) is 35.3. The third-order valence-electron chi connectivity index (χ3n) is 6.23. The fraction of sp³-hybridized carbons (Fsp3) is 0.250. The van der Waals surface area contributed by atoms with Crippen LogP contribution >= 0.6 is 0 Å². The average Bonchev–Trinajstić information content (AvgIpc) is 3.44. The van der Waals surface area contributed by atoms with Crippen LogP contribution in [0.4, 0.5) is 0 Å². The van der Waals surface area contributed by atoms with Crippen molar-refractivity contribution >= 4 is 165 Å². The molecular formula is C24H22Se6Si2. The van der Waals surface area contributed by atoms with Crippen LogP contribution < -0.4 is 8.12 Å². The van der Waals surface area contributed by atoms with E-state index in [1.165, 1.54) is 0 Å². The Bertz CT molecular complexity index is 1710. The maximum atomic E-state index is 2.71. The Labute approximate surface area is 225 Å². The van der Waals surface area contributed by atoms with Crippen molar-refractivity contribution in [2.75, 3.05) is 0 Å². The van der Waals surface area contributed by atoms with Crippen molar-refractivity contribution in [3.63, 3.8) is 0 Å². The van der Waals surface area contributed by atoms with Gasteiger partial charge >= 0.3 is 228 Å². The van der Waals surface area contributed by atoms with Crippen LogP contribution in [0.15, 0.2) is 24.3 Å². The van der Waals surface area contributed by atoms with Gasteiger partial charge in [0, 0.05) is 0 Å². The van der Waals surface area contributed by atoms with E-state index in [1.807, 2.05) is 20.7 Å². The van der Waals surface area contributed by atoms with Crippen molar-refractivity contribution in [2.24, 2.45) is 0 Å². The Morgan fingerprint density at radius 2 is 0.875 bits per heavy atom. The molecule has 0 saturated heterocycles. The standard InChI is InChI=1S/C24H22Se6Si2/c1-31(2,3)15-9-11-17-19-13(25-23(17)29-21(11)27-15)7-8-14-20(19)18-12-10-16(32(4,5)6)28-22(12)30-24(18)26-14/h7-10H,1-6H3. The number of benzene rings is 1. The van der Waals surface area contributed by atoms with Gasteiger partial charge in [0.2, 0.25) is 0 Å². The Kier molecular flexibility index (Phi) is 5.17. The van der Waals surface area contributed by atoms with E-state index in [0.29, 0.717) is 87.0 Å². The second-order valence-corrected chi connectivity index (χ2v) is 40.7. The zero-order chi connectivity index (χ0) is 22.2. The molecule has 8 heteroatoms. The van der Waals surface area contributed by atoms with Crippen molar-refractivity contribution in [3.05, 3.63) is 24.3 Å². The summed E-state index contributed by atoms with van der Waals surface area (Å²) >= 11 is 3.73. The Morgan fingerprint density at radius 3 is 1.25 bits per heavy atom. The summed E-state index contributed by atoms with van der Waals surface area (Å²) in [6, 6.07) is 10.5. The SMILES string of the molecule is C[Si](C)(C)c1cc2c([se]1)[se]c1[se]c3ccc4[se]c5[se]c6[se]c([Si](C)(C)C)cc6c5c4c3c12. The van der Waals surface area contributed by atoms with Crippen LogP contribution in [0.5, 0.6) is 0 Å². The van der Waals surface area contributed by atoms with E-state index in [2.05, 4.69) is 63.5 Å². The second-order valence-electron chi connectivity index (χ2n) is 10.7. The summed E-state index contributed by atoms with van der Waals surface area (Å²) in [6.45, 7) is 15.3. The summed E-state index contributed by atoms with van der Waals surface area (Å²) in [7, 11) is -2.37. The third-order valence-corrected chi connectivity index (χ3v) is 35.9. The van der Waals surface area contributed by atoms with Gasteiger partial charge in [0.05, 0.1) is 0 Å². The van der Waals surface area contributed by atoms with Gasteiger partial charge in [-0.1, -0.05) is 0 Å². The molecule has 162 valence electrons. The Balaban J connectivity index is 1.67. The number of rotatable bonds is 2. The molecule has 0 aliphatic carbocycles. The molecule has 0 atom stereocenters. The van der Waals surface area contributed by atoms with E-state index >= 15 is 0 Å². The van der Waals surface area contributed by atoms with E-state index in [1.54, 1.807) is 40.8 Å². The van der Waals surface area contributed by atoms with Gasteiger partial charge < -0.3 is 0 Å². The Morgan fingerprint density at radius 1 is 0.469 bits per heavy atom. The van der Waals surface area contributed by atoms with Crippen molar-refractivity contribution in [2.45, 2.75) is 39.3 Å². The second kappa shape index (κ2) is 7.38. The van der Waals surface area contributed by atoms with Crippen LogP contribution in [0.3, 0.4) is 0 Å². The molecule has 0 nitrogen and oxygen atoms in total. The zero-order valence-electron chi connectivity index (χ0n) is 18.8. The summed E-state index contributed by atoms with van der Waals surface area (Å²) in [5.41, 5.74) is 0. The van der Waals surface area contributed by atoms with Gasteiger partial charge in [-0.3, -0.25) is 0 Å². The molecule has 0 spiro atoms. The zero-order valence-corrected chi connectivity index (χ0v) is 31.0. The molecule has 0 fully saturated rings. The topological polar surface area (TPSA) is 0 Å². The molecule has 1 aromatic carbocycles. The first-order chi connectivity index (χ1) is 15.1. The maximum absolute atomic E-state index is 2.71. The summed E-state index contributed by atoms with van der Waals surface area (Å²) in [6.07, 6.45) is 0. The van der Waals surface area contributed by atoms with Gasteiger partial charge in [-0.05, 0) is 0 Å². The van der Waals surface area contributed by atoms with Gasteiger partial charge in [-0.2, -0.15) is 0 Å². The molecule has 0 radical (unpaired) electrons. The van der Waals surface area contributed by atoms with E-state index in [4.69, 9.17) is 0 Å². The van der Waals surface area contributed by atoms with Gasteiger partial charge in [-0.25, -0.2) is 0 Å². The molecule has 0 unspecified atom stereocenters. The number of hydrogen-bond donors (Lipinski definition) is 0. The molecule has 0 N–H and O–H groups in total. The quantitative estimate of drug-likeness (QED) is 0.231. The third kappa shape index (κ3) is 3.21. The monoisotopic (exact) mass is 846 g/mol. The molecule has 7 aromatic rings. The molecule has 6 aromatic heterocycles. The van der Waals surface area contributed by atoms with Gasteiger partial charge in [0.25, 0.3) is 0 Å². The predicted molar refractivity (Wildman–Crippen MR) is 159 cm³/mol. The van der Waals surface area contributed by atoms with Gasteiger partial charge in [0.1, 0.15) is 0 Å². The molecule has 0 aliphatic rings. The fourth-order valence-electron chi connectivity index (χ4n) is 4.53. The van der Waals surface area contributed by atoms with Crippen molar-refractivity contribution in [1.82, 2.24) is 0 Å². The van der Waals surface area contributed by atoms with Crippen LogP contribution in [0.25, 0.3) is 53.4 Å². The molecule has 32 heavy (non-hydrogen) atoms. The molecule has 6 heterocycles. The molecule has 0 bridgehead atoms.